The van der Waals surface area contributed by atoms with E-state index < -0.39 is 16.7 Å². The summed E-state index contributed by atoms with van der Waals surface area (Å²) in [5, 5.41) is 13.0. The maximum absolute atomic E-state index is 11.8. The summed E-state index contributed by atoms with van der Waals surface area (Å²) < 4.78 is 4.81. The maximum Gasteiger partial charge on any atom is 0.433 e. The Hall–Kier alpha value is -2.28. The number of carbonyl (C=O) groups excluding carboxylic acids is 1. The number of hydrogen-bond donors (Lipinski definition) is 1. The largest absolute Gasteiger partial charge is 0.433 e. The molecule has 0 saturated carbocycles. The van der Waals surface area contributed by atoms with Crippen LogP contribution in [-0.4, -0.2) is 17.1 Å². The lowest BCUT2D eigenvalue weighted by Crippen LogP contribution is -2.10. The van der Waals surface area contributed by atoms with Gasteiger partial charge in [-0.15, -0.1) is 11.8 Å². The average molecular weight is 278 g/mol. The van der Waals surface area contributed by atoms with Crippen LogP contribution in [0.2, 0.25) is 0 Å². The van der Waals surface area contributed by atoms with E-state index in [4.69, 9.17) is 4.42 Å². The van der Waals surface area contributed by atoms with Gasteiger partial charge in [0.15, 0.2) is 5.76 Å². The molecular weight excluding hydrogens is 268 g/mol. The molecule has 0 unspecified atom stereocenters. The third-order valence-corrected chi connectivity index (χ3v) is 3.09. The number of amides is 1. The van der Waals surface area contributed by atoms with Crippen molar-refractivity contribution in [1.29, 1.82) is 0 Å². The molecule has 2 rings (SSSR count). The first-order valence-corrected chi connectivity index (χ1v) is 6.52. The van der Waals surface area contributed by atoms with Gasteiger partial charge in [-0.2, -0.15) is 0 Å². The van der Waals surface area contributed by atoms with Gasteiger partial charge >= 0.3 is 5.88 Å². The van der Waals surface area contributed by atoms with Gasteiger partial charge in [0.2, 0.25) is 0 Å². The summed E-state index contributed by atoms with van der Waals surface area (Å²) in [6.07, 6.45) is 1.95. The van der Waals surface area contributed by atoms with Crippen molar-refractivity contribution < 1.29 is 14.1 Å². The van der Waals surface area contributed by atoms with Crippen molar-refractivity contribution in [1.82, 2.24) is 0 Å². The summed E-state index contributed by atoms with van der Waals surface area (Å²) in [4.78, 5) is 22.6. The maximum atomic E-state index is 11.8. The Kier molecular flexibility index (Phi) is 3.86. The Balaban J connectivity index is 2.08. The predicted octanol–water partition coefficient (Wildman–Crippen LogP) is 3.16. The summed E-state index contributed by atoms with van der Waals surface area (Å²) in [5.41, 5.74) is 0.599. The molecule has 0 aliphatic carbocycles. The number of carbonyl (C=O) groups is 1. The quantitative estimate of drug-likeness (QED) is 0.527. The van der Waals surface area contributed by atoms with E-state index in [0.29, 0.717) is 5.69 Å². The highest BCUT2D eigenvalue weighted by molar-refractivity contribution is 7.98. The van der Waals surface area contributed by atoms with Crippen molar-refractivity contribution in [2.45, 2.75) is 4.90 Å². The Morgan fingerprint density at radius 2 is 1.95 bits per heavy atom. The topological polar surface area (TPSA) is 85.4 Å². The van der Waals surface area contributed by atoms with Crippen LogP contribution >= 0.6 is 11.8 Å². The second-order valence-electron chi connectivity index (χ2n) is 3.58. The summed E-state index contributed by atoms with van der Waals surface area (Å²) in [6.45, 7) is 0. The molecule has 0 saturated heterocycles. The number of anilines is 1. The molecular formula is C12H10N2O4S. The molecule has 0 aliphatic heterocycles. The molecule has 98 valence electrons. The molecule has 0 radical (unpaired) electrons. The minimum absolute atomic E-state index is 0.0966. The van der Waals surface area contributed by atoms with Gasteiger partial charge in [0.05, 0.1) is 6.07 Å². The van der Waals surface area contributed by atoms with Gasteiger partial charge in [0.1, 0.15) is 4.92 Å². The van der Waals surface area contributed by atoms with Crippen molar-refractivity contribution in [2.75, 3.05) is 11.6 Å². The van der Waals surface area contributed by atoms with Gasteiger partial charge in [-0.05, 0) is 36.6 Å². The van der Waals surface area contributed by atoms with Crippen LogP contribution in [0.5, 0.6) is 0 Å². The monoisotopic (exact) mass is 278 g/mol. The lowest BCUT2D eigenvalue weighted by atomic mass is 10.3. The number of nitrogens with zero attached hydrogens (tertiary/aromatic N) is 1. The number of rotatable bonds is 4. The van der Waals surface area contributed by atoms with Crippen LogP contribution in [0.25, 0.3) is 0 Å². The molecule has 1 amide bonds. The minimum Gasteiger partial charge on any atom is -0.395 e. The molecule has 0 spiro atoms. The second kappa shape index (κ2) is 5.57. The standard InChI is InChI=1S/C12H10N2O4S/c1-19-9-4-2-8(3-5-9)13-12(15)10-6-7-11(18-10)14(16)17/h2-7H,1H3,(H,13,15). The fourth-order valence-electron chi connectivity index (χ4n) is 1.41. The van der Waals surface area contributed by atoms with Gasteiger partial charge in [-0.3, -0.25) is 14.9 Å². The second-order valence-corrected chi connectivity index (χ2v) is 4.46. The van der Waals surface area contributed by atoms with Crippen molar-refractivity contribution >= 4 is 29.2 Å². The Labute approximate surface area is 113 Å². The average Bonchev–Trinajstić information content (AvgIpc) is 2.89. The van der Waals surface area contributed by atoms with E-state index in [0.717, 1.165) is 11.0 Å². The number of nitrogens with one attached hydrogen (secondary N) is 1. The van der Waals surface area contributed by atoms with E-state index in [1.54, 1.807) is 23.9 Å². The van der Waals surface area contributed by atoms with Crippen molar-refractivity contribution in [3.63, 3.8) is 0 Å². The zero-order valence-corrected chi connectivity index (χ0v) is 10.8. The zero-order chi connectivity index (χ0) is 13.8. The van der Waals surface area contributed by atoms with Crippen LogP contribution in [0.4, 0.5) is 11.6 Å². The van der Waals surface area contributed by atoms with E-state index >= 15 is 0 Å². The molecule has 1 aromatic heterocycles. The van der Waals surface area contributed by atoms with E-state index in [2.05, 4.69) is 5.32 Å². The lowest BCUT2D eigenvalue weighted by molar-refractivity contribution is -0.402. The van der Waals surface area contributed by atoms with Crippen LogP contribution in [0.1, 0.15) is 10.6 Å². The highest BCUT2D eigenvalue weighted by Crippen LogP contribution is 2.19. The number of benzene rings is 1. The van der Waals surface area contributed by atoms with Crippen LogP contribution in [0.3, 0.4) is 0 Å². The smallest absolute Gasteiger partial charge is 0.395 e. The molecule has 0 aliphatic rings. The highest BCUT2D eigenvalue weighted by Gasteiger charge is 2.17. The number of thioether (sulfide) groups is 1. The van der Waals surface area contributed by atoms with E-state index in [9.17, 15) is 14.9 Å². The Morgan fingerprint density at radius 3 is 2.47 bits per heavy atom. The molecule has 1 heterocycles. The molecule has 1 N–H and O–H groups in total. The summed E-state index contributed by atoms with van der Waals surface area (Å²) in [5.74, 6) is -1.08. The van der Waals surface area contributed by atoms with Gasteiger partial charge in [-0.1, -0.05) is 0 Å². The van der Waals surface area contributed by atoms with Crippen molar-refractivity contribution in [2.24, 2.45) is 0 Å². The fraction of sp³-hybridized carbons (Fsp3) is 0.0833. The summed E-state index contributed by atoms with van der Waals surface area (Å²) >= 11 is 1.59. The molecule has 19 heavy (non-hydrogen) atoms. The minimum atomic E-state index is -0.690. The number of nitro groups is 1. The first-order chi connectivity index (χ1) is 9.10. The number of hydrogen-bond acceptors (Lipinski definition) is 5. The lowest BCUT2D eigenvalue weighted by Gasteiger charge is -2.03. The van der Waals surface area contributed by atoms with Gasteiger partial charge in [0.25, 0.3) is 5.91 Å². The van der Waals surface area contributed by atoms with Crippen LogP contribution < -0.4 is 5.32 Å². The molecule has 1 aromatic carbocycles. The van der Waals surface area contributed by atoms with Gasteiger partial charge in [-0.25, -0.2) is 0 Å². The molecule has 0 atom stereocenters. The van der Waals surface area contributed by atoms with Crippen LogP contribution in [0, 0.1) is 10.1 Å². The zero-order valence-electron chi connectivity index (χ0n) is 9.95. The van der Waals surface area contributed by atoms with Gasteiger partial charge < -0.3 is 9.73 Å². The first kappa shape index (κ1) is 13.2. The third-order valence-electron chi connectivity index (χ3n) is 2.34. The van der Waals surface area contributed by atoms with Crippen LogP contribution in [-0.2, 0) is 0 Å². The molecule has 6 nitrogen and oxygen atoms in total. The van der Waals surface area contributed by atoms with Crippen LogP contribution in [0.15, 0.2) is 45.7 Å². The fourth-order valence-corrected chi connectivity index (χ4v) is 1.82. The van der Waals surface area contributed by atoms with E-state index in [1.807, 2.05) is 18.4 Å². The first-order valence-electron chi connectivity index (χ1n) is 5.30. The van der Waals surface area contributed by atoms with Gasteiger partial charge in [0, 0.05) is 10.6 Å². The number of furan rings is 1. The molecule has 7 heteroatoms. The summed E-state index contributed by atoms with van der Waals surface area (Å²) in [7, 11) is 0. The molecule has 0 fully saturated rings. The molecule has 2 aromatic rings. The molecule has 0 bridgehead atoms. The Morgan fingerprint density at radius 1 is 1.26 bits per heavy atom. The van der Waals surface area contributed by atoms with E-state index in [1.165, 1.54) is 6.07 Å². The summed E-state index contributed by atoms with van der Waals surface area (Å²) in [6, 6.07) is 9.65. The highest BCUT2D eigenvalue weighted by atomic mass is 32.2. The van der Waals surface area contributed by atoms with Crippen molar-refractivity contribution in [3.8, 4) is 0 Å². The predicted molar refractivity (Wildman–Crippen MR) is 71.5 cm³/mol. The normalized spacial score (nSPS) is 10.2. The SMILES string of the molecule is CSc1ccc(NC(=O)c2ccc([N+](=O)[O-])o2)cc1. The Bertz CT molecular complexity index is 606. The third kappa shape index (κ3) is 3.14. The van der Waals surface area contributed by atoms with Crippen molar-refractivity contribution in [3.05, 3.63) is 52.3 Å². The van der Waals surface area contributed by atoms with E-state index in [-0.39, 0.29) is 5.76 Å².